The van der Waals surface area contributed by atoms with E-state index in [-0.39, 0.29) is 0 Å². The van der Waals surface area contributed by atoms with Crippen molar-refractivity contribution in [1.82, 2.24) is 5.32 Å². The number of rotatable bonds is 9. The Hall–Kier alpha value is -1.91. The third-order valence-corrected chi connectivity index (χ3v) is 3.30. The molecule has 0 heterocycles. The molecular formula is C17H24FNO3. The minimum atomic E-state index is -0.729. The van der Waals surface area contributed by atoms with Gasteiger partial charge in [-0.3, -0.25) is 4.79 Å². The highest BCUT2D eigenvalue weighted by Crippen LogP contribution is 2.05. The lowest BCUT2D eigenvalue weighted by Crippen LogP contribution is -2.39. The normalized spacial score (nSPS) is 11.8. The number of carbonyl (C=O) groups is 2. The van der Waals surface area contributed by atoms with Gasteiger partial charge in [0.1, 0.15) is 11.9 Å². The van der Waals surface area contributed by atoms with Crippen molar-refractivity contribution in [3.63, 3.8) is 0 Å². The number of ether oxygens (including phenoxy) is 1. The Kier molecular flexibility index (Phi) is 8.18. The third-order valence-electron chi connectivity index (χ3n) is 3.30. The Morgan fingerprint density at radius 1 is 1.14 bits per heavy atom. The molecule has 0 bridgehead atoms. The van der Waals surface area contributed by atoms with Gasteiger partial charge in [-0.15, -0.1) is 0 Å². The van der Waals surface area contributed by atoms with Gasteiger partial charge in [0.2, 0.25) is 0 Å². The molecule has 0 aliphatic heterocycles. The molecule has 0 unspecified atom stereocenters. The molecule has 0 spiro atoms. The zero-order valence-corrected chi connectivity index (χ0v) is 13.2. The van der Waals surface area contributed by atoms with Gasteiger partial charge in [-0.2, -0.15) is 0 Å². The Morgan fingerprint density at radius 3 is 2.41 bits per heavy atom. The fourth-order valence-corrected chi connectivity index (χ4v) is 1.94. The molecule has 1 N–H and O–H groups in total. The summed E-state index contributed by atoms with van der Waals surface area (Å²) in [6, 6.07) is 4.42. The smallest absolute Gasteiger partial charge is 0.328 e. The topological polar surface area (TPSA) is 55.4 Å². The Labute approximate surface area is 131 Å². The van der Waals surface area contributed by atoms with E-state index in [0.29, 0.717) is 12.2 Å². The van der Waals surface area contributed by atoms with E-state index in [1.165, 1.54) is 37.1 Å². The van der Waals surface area contributed by atoms with Crippen molar-refractivity contribution in [2.24, 2.45) is 0 Å². The molecule has 1 aromatic carbocycles. The molecule has 1 atom stereocenters. The number of esters is 1. The summed E-state index contributed by atoms with van der Waals surface area (Å²) in [5.41, 5.74) is 0.306. The van der Waals surface area contributed by atoms with Crippen LogP contribution < -0.4 is 5.32 Å². The van der Waals surface area contributed by atoms with Crippen LogP contribution in [0.2, 0.25) is 0 Å². The first-order chi connectivity index (χ1) is 10.5. The highest BCUT2D eigenvalue weighted by atomic mass is 19.1. The van der Waals surface area contributed by atoms with Gasteiger partial charge in [-0.1, -0.05) is 32.6 Å². The van der Waals surface area contributed by atoms with Gasteiger partial charge in [0.15, 0.2) is 0 Å². The lowest BCUT2D eigenvalue weighted by atomic mass is 10.2. The molecule has 1 amide bonds. The van der Waals surface area contributed by atoms with E-state index >= 15 is 0 Å². The summed E-state index contributed by atoms with van der Waals surface area (Å²) < 4.78 is 17.9. The summed E-state index contributed by atoms with van der Waals surface area (Å²) in [5, 5.41) is 2.54. The van der Waals surface area contributed by atoms with Gasteiger partial charge < -0.3 is 10.1 Å². The Morgan fingerprint density at radius 2 is 1.77 bits per heavy atom. The van der Waals surface area contributed by atoms with Crippen LogP contribution in [0.4, 0.5) is 4.39 Å². The summed E-state index contributed by atoms with van der Waals surface area (Å²) in [7, 11) is 0. The third kappa shape index (κ3) is 6.70. The minimum Gasteiger partial charge on any atom is -0.464 e. The predicted molar refractivity (Wildman–Crippen MR) is 83.0 cm³/mol. The number of benzene rings is 1. The van der Waals surface area contributed by atoms with Gasteiger partial charge in [0, 0.05) is 5.56 Å². The van der Waals surface area contributed by atoms with Gasteiger partial charge in [-0.05, 0) is 37.6 Å². The number of halogens is 1. The second kappa shape index (κ2) is 9.92. The SMILES string of the molecule is CCCCCCCOC(=O)[C@H](C)NC(=O)c1ccc(F)cc1. The number of hydrogen-bond donors (Lipinski definition) is 1. The zero-order chi connectivity index (χ0) is 16.4. The van der Waals surface area contributed by atoms with Crippen molar-refractivity contribution in [3.05, 3.63) is 35.6 Å². The fourth-order valence-electron chi connectivity index (χ4n) is 1.94. The standard InChI is InChI=1S/C17H24FNO3/c1-3-4-5-6-7-12-22-17(21)13(2)19-16(20)14-8-10-15(18)11-9-14/h8-11,13H,3-7,12H2,1-2H3,(H,19,20)/t13-/m0/s1. The Bertz CT molecular complexity index is 473. The van der Waals surface area contributed by atoms with Crippen molar-refractivity contribution in [3.8, 4) is 0 Å². The van der Waals surface area contributed by atoms with Gasteiger partial charge in [0.05, 0.1) is 6.61 Å². The Balaban J connectivity index is 2.28. The second-order valence-electron chi connectivity index (χ2n) is 5.28. The molecular weight excluding hydrogens is 285 g/mol. The van der Waals surface area contributed by atoms with E-state index in [1.54, 1.807) is 6.92 Å². The largest absolute Gasteiger partial charge is 0.464 e. The maximum absolute atomic E-state index is 12.8. The molecule has 1 aromatic rings. The summed E-state index contributed by atoms with van der Waals surface area (Å²) in [6.45, 7) is 4.09. The molecule has 5 heteroatoms. The van der Waals surface area contributed by atoms with Crippen LogP contribution in [-0.4, -0.2) is 24.5 Å². The zero-order valence-electron chi connectivity index (χ0n) is 13.2. The van der Waals surface area contributed by atoms with E-state index in [9.17, 15) is 14.0 Å². The van der Waals surface area contributed by atoms with E-state index in [0.717, 1.165) is 19.3 Å². The van der Waals surface area contributed by atoms with Crippen molar-refractivity contribution in [1.29, 1.82) is 0 Å². The van der Waals surface area contributed by atoms with Crippen LogP contribution in [0, 0.1) is 5.82 Å². The molecule has 0 aliphatic carbocycles. The van der Waals surface area contributed by atoms with Crippen molar-refractivity contribution in [2.45, 2.75) is 52.0 Å². The molecule has 22 heavy (non-hydrogen) atoms. The quantitative estimate of drug-likeness (QED) is 0.561. The average molecular weight is 309 g/mol. The summed E-state index contributed by atoms with van der Waals surface area (Å²) in [4.78, 5) is 23.6. The summed E-state index contributed by atoms with van der Waals surface area (Å²) >= 11 is 0. The van der Waals surface area contributed by atoms with Crippen LogP contribution in [0.15, 0.2) is 24.3 Å². The van der Waals surface area contributed by atoms with E-state index in [4.69, 9.17) is 4.74 Å². The lowest BCUT2D eigenvalue weighted by Gasteiger charge is -2.13. The average Bonchev–Trinajstić information content (AvgIpc) is 2.51. The van der Waals surface area contributed by atoms with Crippen molar-refractivity contribution >= 4 is 11.9 Å². The predicted octanol–water partition coefficient (Wildman–Crippen LogP) is 3.46. The molecule has 0 saturated carbocycles. The molecule has 122 valence electrons. The van der Waals surface area contributed by atoms with Crippen LogP contribution >= 0.6 is 0 Å². The first-order valence-corrected chi connectivity index (χ1v) is 7.77. The fraction of sp³-hybridized carbons (Fsp3) is 0.529. The second-order valence-corrected chi connectivity index (χ2v) is 5.28. The van der Waals surface area contributed by atoms with Crippen LogP contribution in [0.25, 0.3) is 0 Å². The van der Waals surface area contributed by atoms with Crippen LogP contribution in [0.5, 0.6) is 0 Å². The first kappa shape index (κ1) is 18.1. The van der Waals surface area contributed by atoms with Crippen LogP contribution in [-0.2, 0) is 9.53 Å². The molecule has 1 rings (SSSR count). The lowest BCUT2D eigenvalue weighted by molar-refractivity contribution is -0.145. The molecule has 0 fully saturated rings. The van der Waals surface area contributed by atoms with E-state index < -0.39 is 23.7 Å². The van der Waals surface area contributed by atoms with Crippen molar-refractivity contribution < 1.29 is 18.7 Å². The van der Waals surface area contributed by atoms with Gasteiger partial charge in [0.25, 0.3) is 5.91 Å². The highest BCUT2D eigenvalue weighted by Gasteiger charge is 2.17. The van der Waals surface area contributed by atoms with Gasteiger partial charge >= 0.3 is 5.97 Å². The first-order valence-electron chi connectivity index (χ1n) is 7.77. The molecule has 4 nitrogen and oxygen atoms in total. The van der Waals surface area contributed by atoms with Crippen LogP contribution in [0.3, 0.4) is 0 Å². The molecule has 0 aromatic heterocycles. The minimum absolute atomic E-state index is 0.306. The molecule has 0 aliphatic rings. The number of amides is 1. The maximum Gasteiger partial charge on any atom is 0.328 e. The van der Waals surface area contributed by atoms with E-state index in [2.05, 4.69) is 12.2 Å². The molecule has 0 radical (unpaired) electrons. The summed E-state index contributed by atoms with van der Waals surface area (Å²) in [6.07, 6.45) is 5.39. The van der Waals surface area contributed by atoms with Crippen LogP contribution in [0.1, 0.15) is 56.3 Å². The van der Waals surface area contributed by atoms with Crippen molar-refractivity contribution in [2.75, 3.05) is 6.61 Å². The molecule has 0 saturated heterocycles. The number of unbranched alkanes of at least 4 members (excludes halogenated alkanes) is 4. The number of nitrogens with one attached hydrogen (secondary N) is 1. The number of carbonyl (C=O) groups excluding carboxylic acids is 2. The van der Waals surface area contributed by atoms with Gasteiger partial charge in [-0.25, -0.2) is 9.18 Å². The monoisotopic (exact) mass is 309 g/mol. The van der Waals surface area contributed by atoms with E-state index in [1.807, 2.05) is 0 Å². The summed E-state index contributed by atoms with van der Waals surface area (Å²) in [5.74, 6) is -1.29. The highest BCUT2D eigenvalue weighted by molar-refractivity contribution is 5.96. The maximum atomic E-state index is 12.8. The number of hydrogen-bond acceptors (Lipinski definition) is 3.